The second-order valence-electron chi connectivity index (χ2n) is 6.29. The first-order chi connectivity index (χ1) is 13.8. The van der Waals surface area contributed by atoms with Crippen molar-refractivity contribution in [3.8, 4) is 17.2 Å². The van der Waals surface area contributed by atoms with Gasteiger partial charge in [-0.25, -0.2) is 12.8 Å². The number of ether oxygens (including phenoxy) is 3. The molecular formula is C20H20FNO6S. The first-order valence-electron chi connectivity index (χ1n) is 8.59. The Bertz CT molecular complexity index is 1020. The highest BCUT2D eigenvalue weighted by atomic mass is 32.2. The summed E-state index contributed by atoms with van der Waals surface area (Å²) in [7, 11) is 0.871. The van der Waals surface area contributed by atoms with Crippen molar-refractivity contribution in [2.45, 2.75) is 6.04 Å². The quantitative estimate of drug-likeness (QED) is 0.713. The molecule has 1 aliphatic heterocycles. The van der Waals surface area contributed by atoms with E-state index < -0.39 is 27.6 Å². The minimum Gasteiger partial charge on any atom is -0.493 e. The van der Waals surface area contributed by atoms with Crippen LogP contribution in [0.2, 0.25) is 0 Å². The number of amides is 1. The summed E-state index contributed by atoms with van der Waals surface area (Å²) in [5.41, 5.74) is 0.554. The molecular weight excluding hydrogens is 401 g/mol. The predicted molar refractivity (Wildman–Crippen MR) is 106 cm³/mol. The molecule has 154 valence electrons. The molecule has 0 saturated heterocycles. The van der Waals surface area contributed by atoms with Gasteiger partial charge >= 0.3 is 0 Å². The average molecular weight is 421 g/mol. The van der Waals surface area contributed by atoms with E-state index in [0.29, 0.717) is 11.4 Å². The molecule has 0 saturated carbocycles. The minimum atomic E-state index is -3.43. The Balaban J connectivity index is 2.10. The largest absolute Gasteiger partial charge is 0.493 e. The van der Waals surface area contributed by atoms with Crippen LogP contribution in [0.1, 0.15) is 10.4 Å². The smallest absolute Gasteiger partial charge is 0.259 e. The molecule has 9 heteroatoms. The lowest BCUT2D eigenvalue weighted by molar-refractivity contribution is 0.0982. The standard InChI is InChI=1S/C20H20FNO6S/c1-26-17-10-13(11-18(27-2)19(17)28-3)20(23)22(15-6-4-14(21)5-7-15)16-8-9-29(24,25)12-16/h4-11,16H,12H2,1-3H3. The number of carbonyl (C=O) groups excluding carboxylic acids is 1. The van der Waals surface area contributed by atoms with Gasteiger partial charge in [0, 0.05) is 16.7 Å². The van der Waals surface area contributed by atoms with E-state index in [1.54, 1.807) is 0 Å². The van der Waals surface area contributed by atoms with E-state index in [9.17, 15) is 17.6 Å². The lowest BCUT2D eigenvalue weighted by Crippen LogP contribution is -2.41. The van der Waals surface area contributed by atoms with Crippen LogP contribution in [-0.4, -0.2) is 47.4 Å². The maximum atomic E-state index is 13.4. The van der Waals surface area contributed by atoms with Gasteiger partial charge in [-0.05, 0) is 42.5 Å². The molecule has 0 aromatic heterocycles. The molecule has 29 heavy (non-hydrogen) atoms. The Morgan fingerprint density at radius 1 is 1.03 bits per heavy atom. The summed E-state index contributed by atoms with van der Waals surface area (Å²) in [5.74, 6) is -0.345. The zero-order chi connectivity index (χ0) is 21.2. The SMILES string of the molecule is COc1cc(C(=O)N(c2ccc(F)cc2)C2C=CS(=O)(=O)C2)cc(OC)c1OC. The van der Waals surface area contributed by atoms with E-state index in [-0.39, 0.29) is 22.8 Å². The summed E-state index contributed by atoms with van der Waals surface area (Å²) in [6.45, 7) is 0. The van der Waals surface area contributed by atoms with E-state index in [0.717, 1.165) is 5.41 Å². The van der Waals surface area contributed by atoms with Crippen molar-refractivity contribution < 1.29 is 31.8 Å². The van der Waals surface area contributed by atoms with Crippen LogP contribution in [0.25, 0.3) is 0 Å². The highest BCUT2D eigenvalue weighted by Crippen LogP contribution is 2.39. The second kappa shape index (κ2) is 8.12. The Hall–Kier alpha value is -3.07. The normalized spacial score (nSPS) is 17.0. The molecule has 1 heterocycles. The molecule has 2 aromatic rings. The van der Waals surface area contributed by atoms with Gasteiger partial charge in [-0.1, -0.05) is 0 Å². The van der Waals surface area contributed by atoms with Crippen LogP contribution in [0.4, 0.5) is 10.1 Å². The van der Waals surface area contributed by atoms with Gasteiger partial charge in [-0.3, -0.25) is 4.79 Å². The third-order valence-corrected chi connectivity index (χ3v) is 5.86. The molecule has 0 N–H and O–H groups in total. The predicted octanol–water partition coefficient (Wildman–Crippen LogP) is 2.81. The number of sulfone groups is 1. The van der Waals surface area contributed by atoms with Crippen molar-refractivity contribution >= 4 is 21.4 Å². The van der Waals surface area contributed by atoms with Crippen molar-refractivity contribution in [1.82, 2.24) is 0 Å². The van der Waals surface area contributed by atoms with E-state index in [4.69, 9.17) is 14.2 Å². The number of rotatable bonds is 6. The average Bonchev–Trinajstić information content (AvgIpc) is 3.07. The second-order valence-corrected chi connectivity index (χ2v) is 8.22. The van der Waals surface area contributed by atoms with Crippen LogP contribution in [-0.2, 0) is 9.84 Å². The first-order valence-corrected chi connectivity index (χ1v) is 10.3. The molecule has 0 fully saturated rings. The fraction of sp³-hybridized carbons (Fsp3) is 0.250. The van der Waals surface area contributed by atoms with Crippen molar-refractivity contribution in [2.24, 2.45) is 0 Å². The van der Waals surface area contributed by atoms with E-state index >= 15 is 0 Å². The van der Waals surface area contributed by atoms with E-state index in [2.05, 4.69) is 0 Å². The lowest BCUT2D eigenvalue weighted by atomic mass is 10.1. The Morgan fingerprint density at radius 3 is 2.07 bits per heavy atom. The molecule has 1 atom stereocenters. The lowest BCUT2D eigenvalue weighted by Gasteiger charge is -2.28. The number of carbonyl (C=O) groups is 1. The van der Waals surface area contributed by atoms with Crippen LogP contribution >= 0.6 is 0 Å². The highest BCUT2D eigenvalue weighted by molar-refractivity contribution is 7.94. The van der Waals surface area contributed by atoms with Gasteiger partial charge in [-0.2, -0.15) is 0 Å². The first kappa shape index (κ1) is 20.7. The van der Waals surface area contributed by atoms with Gasteiger partial charge < -0.3 is 19.1 Å². The molecule has 0 bridgehead atoms. The highest BCUT2D eigenvalue weighted by Gasteiger charge is 2.33. The molecule has 1 aliphatic rings. The summed E-state index contributed by atoms with van der Waals surface area (Å²) in [6.07, 6.45) is 1.44. The Kier molecular flexibility index (Phi) is 5.78. The zero-order valence-corrected chi connectivity index (χ0v) is 16.9. The molecule has 1 amide bonds. The van der Waals surface area contributed by atoms with Crippen molar-refractivity contribution in [3.63, 3.8) is 0 Å². The summed E-state index contributed by atoms with van der Waals surface area (Å²) in [4.78, 5) is 14.7. The molecule has 0 radical (unpaired) electrons. The number of halogens is 1. The monoisotopic (exact) mass is 421 g/mol. The van der Waals surface area contributed by atoms with Crippen LogP contribution < -0.4 is 19.1 Å². The molecule has 3 rings (SSSR count). The van der Waals surface area contributed by atoms with Gasteiger partial charge in [0.15, 0.2) is 21.3 Å². The fourth-order valence-corrected chi connectivity index (χ4v) is 4.39. The molecule has 7 nitrogen and oxygen atoms in total. The minimum absolute atomic E-state index is 0.196. The summed E-state index contributed by atoms with van der Waals surface area (Å²) in [5, 5.41) is 1.08. The van der Waals surface area contributed by atoms with Crippen molar-refractivity contribution in [2.75, 3.05) is 32.0 Å². The number of anilines is 1. The van der Waals surface area contributed by atoms with Gasteiger partial charge in [0.05, 0.1) is 33.1 Å². The number of hydrogen-bond acceptors (Lipinski definition) is 6. The van der Waals surface area contributed by atoms with Crippen LogP contribution in [0, 0.1) is 5.82 Å². The molecule has 2 aromatic carbocycles. The number of benzene rings is 2. The molecule has 1 unspecified atom stereocenters. The van der Waals surface area contributed by atoms with E-state index in [1.165, 1.54) is 68.7 Å². The summed E-state index contributed by atoms with van der Waals surface area (Å²) in [6, 6.07) is 7.47. The van der Waals surface area contributed by atoms with Gasteiger partial charge in [0.2, 0.25) is 5.75 Å². The maximum Gasteiger partial charge on any atom is 0.259 e. The maximum absolute atomic E-state index is 13.4. The molecule has 0 aliphatic carbocycles. The Morgan fingerprint density at radius 2 is 1.62 bits per heavy atom. The summed E-state index contributed by atoms with van der Waals surface area (Å²) >= 11 is 0. The number of nitrogens with zero attached hydrogens (tertiary/aromatic N) is 1. The topological polar surface area (TPSA) is 82.1 Å². The van der Waals surface area contributed by atoms with Crippen molar-refractivity contribution in [1.29, 1.82) is 0 Å². The third-order valence-electron chi connectivity index (χ3n) is 4.48. The van der Waals surface area contributed by atoms with Gasteiger partial charge in [0.25, 0.3) is 5.91 Å². The molecule has 0 spiro atoms. The number of methoxy groups -OCH3 is 3. The van der Waals surface area contributed by atoms with Crippen LogP contribution in [0.15, 0.2) is 47.9 Å². The zero-order valence-electron chi connectivity index (χ0n) is 16.1. The number of hydrogen-bond donors (Lipinski definition) is 0. The van der Waals surface area contributed by atoms with Crippen molar-refractivity contribution in [3.05, 3.63) is 59.3 Å². The third kappa shape index (κ3) is 4.19. The van der Waals surface area contributed by atoms with Crippen LogP contribution in [0.5, 0.6) is 17.2 Å². The fourth-order valence-electron chi connectivity index (χ4n) is 3.12. The van der Waals surface area contributed by atoms with Gasteiger partial charge in [-0.15, -0.1) is 0 Å². The Labute approximate surface area is 168 Å². The van der Waals surface area contributed by atoms with Gasteiger partial charge in [0.1, 0.15) is 5.82 Å². The van der Waals surface area contributed by atoms with E-state index in [1.807, 2.05) is 0 Å². The van der Waals surface area contributed by atoms with Crippen LogP contribution in [0.3, 0.4) is 0 Å². The summed E-state index contributed by atoms with van der Waals surface area (Å²) < 4.78 is 53.1.